The van der Waals surface area contributed by atoms with Crippen molar-refractivity contribution in [1.29, 1.82) is 0 Å². The van der Waals surface area contributed by atoms with Crippen molar-refractivity contribution in [3.8, 4) is 5.75 Å². The molecule has 0 fully saturated rings. The highest BCUT2D eigenvalue weighted by Gasteiger charge is 2.09. The summed E-state index contributed by atoms with van der Waals surface area (Å²) in [5.74, 6) is -0.935. The fourth-order valence-electron chi connectivity index (χ4n) is 1.34. The lowest BCUT2D eigenvalue weighted by molar-refractivity contribution is -0.148. The van der Waals surface area contributed by atoms with Gasteiger partial charge in [-0.3, -0.25) is 25.2 Å². The highest BCUT2D eigenvalue weighted by molar-refractivity contribution is 5.83. The fraction of sp³-hybridized carbons (Fsp3) is 0.308. The summed E-state index contributed by atoms with van der Waals surface area (Å²) in [4.78, 5) is 33.2. The SMILES string of the molecule is COc1cccc(CC(=O)OCC(=O)NNC(C)=O)c1. The van der Waals surface area contributed by atoms with E-state index in [2.05, 4.69) is 10.9 Å². The standard InChI is InChI=1S/C13H16N2O5/c1-9(16)14-15-12(17)8-20-13(18)7-10-4-3-5-11(6-10)19-2/h3-6H,7-8H2,1-2H3,(H,14,16)(H,15,17). The number of methoxy groups -OCH3 is 1. The Kier molecular flexibility index (Phi) is 6.02. The Morgan fingerprint density at radius 2 is 1.95 bits per heavy atom. The number of hydrogen-bond donors (Lipinski definition) is 2. The Hall–Kier alpha value is -2.57. The molecule has 0 saturated carbocycles. The Morgan fingerprint density at radius 3 is 2.60 bits per heavy atom. The van der Waals surface area contributed by atoms with Crippen LogP contribution in [0.1, 0.15) is 12.5 Å². The Morgan fingerprint density at radius 1 is 1.20 bits per heavy atom. The number of hydrazine groups is 1. The summed E-state index contributed by atoms with van der Waals surface area (Å²) in [6.07, 6.45) is 0.0324. The first-order valence-corrected chi connectivity index (χ1v) is 5.85. The van der Waals surface area contributed by atoms with Crippen LogP contribution in [-0.2, 0) is 25.5 Å². The number of amides is 2. The molecule has 0 atom stereocenters. The molecule has 20 heavy (non-hydrogen) atoms. The fourth-order valence-corrected chi connectivity index (χ4v) is 1.34. The molecule has 1 rings (SSSR count). The first kappa shape index (κ1) is 15.5. The maximum Gasteiger partial charge on any atom is 0.310 e. The van der Waals surface area contributed by atoms with E-state index < -0.39 is 24.4 Å². The van der Waals surface area contributed by atoms with Crippen LogP contribution in [0.15, 0.2) is 24.3 Å². The van der Waals surface area contributed by atoms with Crippen LogP contribution in [0.4, 0.5) is 0 Å². The van der Waals surface area contributed by atoms with E-state index in [-0.39, 0.29) is 6.42 Å². The Balaban J connectivity index is 2.36. The molecule has 2 amide bonds. The number of esters is 1. The highest BCUT2D eigenvalue weighted by atomic mass is 16.5. The highest BCUT2D eigenvalue weighted by Crippen LogP contribution is 2.13. The molecule has 0 aliphatic heterocycles. The predicted molar refractivity (Wildman–Crippen MR) is 69.6 cm³/mol. The van der Waals surface area contributed by atoms with E-state index in [1.54, 1.807) is 24.3 Å². The van der Waals surface area contributed by atoms with E-state index in [0.717, 1.165) is 5.56 Å². The first-order chi connectivity index (χ1) is 9.51. The Labute approximate surface area is 116 Å². The minimum absolute atomic E-state index is 0.0324. The van der Waals surface area contributed by atoms with Gasteiger partial charge in [-0.25, -0.2) is 0 Å². The largest absolute Gasteiger partial charge is 0.497 e. The number of benzene rings is 1. The average molecular weight is 280 g/mol. The molecule has 0 bridgehead atoms. The van der Waals surface area contributed by atoms with Crippen LogP contribution >= 0.6 is 0 Å². The van der Waals surface area contributed by atoms with Crippen molar-refractivity contribution in [2.75, 3.05) is 13.7 Å². The number of carbonyl (C=O) groups excluding carboxylic acids is 3. The molecule has 0 aliphatic carbocycles. The molecule has 108 valence electrons. The second-order valence-corrected chi connectivity index (χ2v) is 3.92. The number of rotatable bonds is 5. The summed E-state index contributed by atoms with van der Waals surface area (Å²) in [7, 11) is 1.53. The third-order valence-corrected chi connectivity index (χ3v) is 2.22. The van der Waals surface area contributed by atoms with Gasteiger partial charge in [-0.2, -0.15) is 0 Å². The molecule has 0 aliphatic rings. The minimum atomic E-state index is -0.612. The van der Waals surface area contributed by atoms with Crippen LogP contribution in [0.25, 0.3) is 0 Å². The molecule has 1 aromatic carbocycles. The van der Waals surface area contributed by atoms with Crippen molar-refractivity contribution in [1.82, 2.24) is 10.9 Å². The Bertz CT molecular complexity index is 501. The van der Waals surface area contributed by atoms with E-state index in [9.17, 15) is 14.4 Å². The summed E-state index contributed by atoms with van der Waals surface area (Å²) >= 11 is 0. The van der Waals surface area contributed by atoms with Gasteiger partial charge in [0.1, 0.15) is 5.75 Å². The third kappa shape index (κ3) is 5.85. The molecule has 0 heterocycles. The molecule has 1 aromatic rings. The molecule has 0 unspecified atom stereocenters. The summed E-state index contributed by atoms with van der Waals surface area (Å²) in [5, 5.41) is 0. The van der Waals surface area contributed by atoms with Crippen molar-refractivity contribution in [2.45, 2.75) is 13.3 Å². The van der Waals surface area contributed by atoms with Gasteiger partial charge in [0, 0.05) is 6.92 Å². The third-order valence-electron chi connectivity index (χ3n) is 2.22. The van der Waals surface area contributed by atoms with E-state index in [1.165, 1.54) is 14.0 Å². The smallest absolute Gasteiger partial charge is 0.310 e. The van der Waals surface area contributed by atoms with Crippen molar-refractivity contribution >= 4 is 17.8 Å². The summed E-state index contributed by atoms with van der Waals surface area (Å²) in [6, 6.07) is 6.97. The van der Waals surface area contributed by atoms with Gasteiger partial charge in [0.05, 0.1) is 13.5 Å². The van der Waals surface area contributed by atoms with E-state index in [1.807, 2.05) is 0 Å². The molecule has 7 nitrogen and oxygen atoms in total. The number of hydrogen-bond acceptors (Lipinski definition) is 5. The quantitative estimate of drug-likeness (QED) is 0.582. The minimum Gasteiger partial charge on any atom is -0.497 e. The van der Waals surface area contributed by atoms with Crippen LogP contribution in [0.2, 0.25) is 0 Å². The van der Waals surface area contributed by atoms with Gasteiger partial charge in [-0.1, -0.05) is 12.1 Å². The van der Waals surface area contributed by atoms with Crippen LogP contribution in [-0.4, -0.2) is 31.5 Å². The predicted octanol–water partition coefficient (Wildman–Crippen LogP) is -0.0518. The molecular formula is C13H16N2O5. The molecule has 0 spiro atoms. The average Bonchev–Trinajstić information content (AvgIpc) is 2.43. The van der Waals surface area contributed by atoms with Gasteiger partial charge in [-0.15, -0.1) is 0 Å². The summed E-state index contributed by atoms with van der Waals surface area (Å²) < 4.78 is 9.80. The van der Waals surface area contributed by atoms with Crippen LogP contribution < -0.4 is 15.6 Å². The maximum absolute atomic E-state index is 11.5. The summed E-state index contributed by atoms with van der Waals surface area (Å²) in [5.41, 5.74) is 4.89. The lowest BCUT2D eigenvalue weighted by Gasteiger charge is -2.07. The van der Waals surface area contributed by atoms with E-state index in [4.69, 9.17) is 9.47 Å². The van der Waals surface area contributed by atoms with E-state index >= 15 is 0 Å². The van der Waals surface area contributed by atoms with Crippen molar-refractivity contribution in [2.24, 2.45) is 0 Å². The van der Waals surface area contributed by atoms with Gasteiger partial charge in [0.15, 0.2) is 6.61 Å². The van der Waals surface area contributed by atoms with Crippen LogP contribution in [0.3, 0.4) is 0 Å². The monoisotopic (exact) mass is 280 g/mol. The second kappa shape index (κ2) is 7.78. The van der Waals surface area contributed by atoms with Crippen molar-refractivity contribution < 1.29 is 23.9 Å². The molecular weight excluding hydrogens is 264 g/mol. The van der Waals surface area contributed by atoms with Crippen molar-refractivity contribution in [3.05, 3.63) is 29.8 Å². The second-order valence-electron chi connectivity index (χ2n) is 3.92. The van der Waals surface area contributed by atoms with Gasteiger partial charge in [-0.05, 0) is 17.7 Å². The van der Waals surface area contributed by atoms with Gasteiger partial charge >= 0.3 is 5.97 Å². The van der Waals surface area contributed by atoms with Gasteiger partial charge in [0.25, 0.3) is 5.91 Å². The zero-order valence-electron chi connectivity index (χ0n) is 11.3. The van der Waals surface area contributed by atoms with Gasteiger partial charge < -0.3 is 9.47 Å². The normalized spacial score (nSPS) is 9.50. The summed E-state index contributed by atoms with van der Waals surface area (Å²) in [6.45, 7) is 0.790. The lowest BCUT2D eigenvalue weighted by atomic mass is 10.1. The van der Waals surface area contributed by atoms with Gasteiger partial charge in [0.2, 0.25) is 5.91 Å². The molecule has 7 heteroatoms. The molecule has 2 N–H and O–H groups in total. The number of ether oxygens (including phenoxy) is 2. The van der Waals surface area contributed by atoms with Crippen LogP contribution in [0, 0.1) is 0 Å². The molecule has 0 radical (unpaired) electrons. The number of nitrogens with one attached hydrogen (secondary N) is 2. The van der Waals surface area contributed by atoms with E-state index in [0.29, 0.717) is 5.75 Å². The first-order valence-electron chi connectivity index (χ1n) is 5.85. The number of carbonyl (C=O) groups is 3. The zero-order chi connectivity index (χ0) is 15.0. The van der Waals surface area contributed by atoms with Crippen molar-refractivity contribution in [3.63, 3.8) is 0 Å². The molecule has 0 saturated heterocycles. The maximum atomic E-state index is 11.5. The topological polar surface area (TPSA) is 93.7 Å². The van der Waals surface area contributed by atoms with Crippen LogP contribution in [0.5, 0.6) is 5.75 Å². The lowest BCUT2D eigenvalue weighted by Crippen LogP contribution is -2.42. The molecule has 0 aromatic heterocycles. The zero-order valence-corrected chi connectivity index (χ0v) is 11.3.